The van der Waals surface area contributed by atoms with E-state index < -0.39 is 17.8 Å². The molecule has 0 bridgehead atoms. The van der Waals surface area contributed by atoms with Crippen LogP contribution in [0.2, 0.25) is 0 Å². The van der Waals surface area contributed by atoms with Gasteiger partial charge in [-0.05, 0) is 37.6 Å². The van der Waals surface area contributed by atoms with Crippen molar-refractivity contribution in [2.24, 2.45) is 0 Å². The number of imide groups is 2. The number of nitrogens with zero attached hydrogens (tertiary/aromatic N) is 2. The van der Waals surface area contributed by atoms with Gasteiger partial charge < -0.3 is 8.98 Å². The third-order valence-electron chi connectivity index (χ3n) is 5.22. The van der Waals surface area contributed by atoms with Gasteiger partial charge in [0, 0.05) is 28.7 Å². The molecule has 0 aliphatic carbocycles. The van der Waals surface area contributed by atoms with Crippen LogP contribution in [-0.2, 0) is 16.1 Å². The van der Waals surface area contributed by atoms with Crippen LogP contribution < -0.4 is 5.32 Å². The normalized spacial score (nSPS) is 17.2. The Morgan fingerprint density at radius 1 is 1.14 bits per heavy atom. The first-order valence-corrected chi connectivity index (χ1v) is 9.50. The van der Waals surface area contributed by atoms with E-state index in [9.17, 15) is 14.4 Å². The number of carbonyl (C=O) groups is 3. The highest BCUT2D eigenvalue weighted by atomic mass is 16.3. The Labute approximate surface area is 167 Å². The van der Waals surface area contributed by atoms with Crippen molar-refractivity contribution >= 4 is 34.8 Å². The number of barbiturate groups is 1. The second kappa shape index (κ2) is 7.43. The second-order valence-electron chi connectivity index (χ2n) is 7.05. The Hall–Kier alpha value is -3.61. The van der Waals surface area contributed by atoms with Crippen LogP contribution in [0.3, 0.4) is 0 Å². The van der Waals surface area contributed by atoms with Crippen LogP contribution in [0.4, 0.5) is 4.79 Å². The first-order chi connectivity index (χ1) is 14.0. The Kier molecular flexibility index (Phi) is 4.80. The lowest BCUT2D eigenvalue weighted by atomic mass is 10.1. The van der Waals surface area contributed by atoms with Crippen molar-refractivity contribution in [1.82, 2.24) is 14.8 Å². The average Bonchev–Trinajstić information content (AvgIpc) is 3.36. The van der Waals surface area contributed by atoms with Crippen LogP contribution in [-0.4, -0.2) is 27.3 Å². The van der Waals surface area contributed by atoms with Gasteiger partial charge in [-0.1, -0.05) is 25.1 Å². The molecule has 1 atom stereocenters. The minimum Gasteiger partial charge on any atom is -0.467 e. The predicted molar refractivity (Wildman–Crippen MR) is 108 cm³/mol. The number of para-hydroxylation sites is 1. The molecule has 1 aromatic carbocycles. The van der Waals surface area contributed by atoms with Crippen LogP contribution in [0.25, 0.3) is 17.0 Å². The zero-order chi connectivity index (χ0) is 20.5. The maximum absolute atomic E-state index is 12.9. The molecular weight excluding hydrogens is 370 g/mol. The van der Waals surface area contributed by atoms with Crippen molar-refractivity contribution in [2.75, 3.05) is 0 Å². The fourth-order valence-corrected chi connectivity index (χ4v) is 3.46. The van der Waals surface area contributed by atoms with E-state index in [2.05, 4.69) is 23.7 Å². The van der Waals surface area contributed by atoms with Crippen molar-refractivity contribution in [1.29, 1.82) is 0 Å². The van der Waals surface area contributed by atoms with Gasteiger partial charge in [0.15, 0.2) is 0 Å². The molecule has 1 saturated heterocycles. The molecular formula is C22H21N3O4. The second-order valence-corrected chi connectivity index (χ2v) is 7.05. The predicted octanol–water partition coefficient (Wildman–Crippen LogP) is 3.87. The lowest BCUT2D eigenvalue weighted by Crippen LogP contribution is -2.53. The number of urea groups is 1. The summed E-state index contributed by atoms with van der Waals surface area (Å²) in [4.78, 5) is 38.5. The summed E-state index contributed by atoms with van der Waals surface area (Å²) in [6.07, 6.45) is 5.91. The number of benzene rings is 1. The Balaban J connectivity index is 1.76. The summed E-state index contributed by atoms with van der Waals surface area (Å²) in [6.45, 7) is 4.18. The SMILES string of the molecule is CCC(C)n1cc(C=C2C(=O)NC(=O)N(Cc3ccco3)C2=O)c2ccccc21. The zero-order valence-electron chi connectivity index (χ0n) is 16.2. The topological polar surface area (TPSA) is 84.6 Å². The molecule has 1 fully saturated rings. The minimum absolute atomic E-state index is 0.0447. The van der Waals surface area contributed by atoms with Crippen molar-refractivity contribution in [2.45, 2.75) is 32.9 Å². The van der Waals surface area contributed by atoms with Gasteiger partial charge in [-0.25, -0.2) is 4.79 Å². The summed E-state index contributed by atoms with van der Waals surface area (Å²) in [7, 11) is 0. The van der Waals surface area contributed by atoms with Crippen molar-refractivity contribution in [3.05, 3.63) is 65.8 Å². The highest BCUT2D eigenvalue weighted by Gasteiger charge is 2.36. The summed E-state index contributed by atoms with van der Waals surface area (Å²) in [5, 5.41) is 3.18. The highest BCUT2D eigenvalue weighted by molar-refractivity contribution is 6.31. The molecule has 7 nitrogen and oxygen atoms in total. The van der Waals surface area contributed by atoms with Crippen LogP contribution in [0.1, 0.15) is 37.6 Å². The van der Waals surface area contributed by atoms with E-state index in [0.717, 1.165) is 27.8 Å². The van der Waals surface area contributed by atoms with Crippen molar-refractivity contribution < 1.29 is 18.8 Å². The number of nitrogens with one attached hydrogen (secondary N) is 1. The van der Waals surface area contributed by atoms with Gasteiger partial charge in [-0.2, -0.15) is 0 Å². The molecule has 0 spiro atoms. The van der Waals surface area contributed by atoms with Gasteiger partial charge >= 0.3 is 6.03 Å². The van der Waals surface area contributed by atoms with E-state index >= 15 is 0 Å². The molecule has 0 radical (unpaired) electrons. The van der Waals surface area contributed by atoms with Gasteiger partial charge in [-0.15, -0.1) is 0 Å². The van der Waals surface area contributed by atoms with Crippen LogP contribution >= 0.6 is 0 Å². The first kappa shape index (κ1) is 18.7. The molecule has 3 heterocycles. The molecule has 4 rings (SSSR count). The minimum atomic E-state index is -0.754. The van der Waals surface area contributed by atoms with Crippen LogP contribution in [0.15, 0.2) is 58.8 Å². The van der Waals surface area contributed by atoms with Crippen molar-refractivity contribution in [3.63, 3.8) is 0 Å². The van der Waals surface area contributed by atoms with Gasteiger partial charge in [0.05, 0.1) is 12.8 Å². The third-order valence-corrected chi connectivity index (χ3v) is 5.22. The Morgan fingerprint density at radius 2 is 1.93 bits per heavy atom. The lowest BCUT2D eigenvalue weighted by Gasteiger charge is -2.25. The highest BCUT2D eigenvalue weighted by Crippen LogP contribution is 2.28. The van der Waals surface area contributed by atoms with E-state index in [4.69, 9.17) is 4.42 Å². The molecule has 148 valence electrons. The summed E-state index contributed by atoms with van der Waals surface area (Å²) >= 11 is 0. The molecule has 4 amide bonds. The fraction of sp³-hybridized carbons (Fsp3) is 0.227. The summed E-state index contributed by atoms with van der Waals surface area (Å²) in [5.74, 6) is -0.887. The monoisotopic (exact) mass is 391 g/mol. The summed E-state index contributed by atoms with van der Waals surface area (Å²) < 4.78 is 7.37. The fourth-order valence-electron chi connectivity index (χ4n) is 3.46. The molecule has 3 aromatic rings. The number of fused-ring (bicyclic) bond motifs is 1. The number of hydrogen-bond acceptors (Lipinski definition) is 4. The maximum atomic E-state index is 12.9. The maximum Gasteiger partial charge on any atom is 0.331 e. The number of carbonyl (C=O) groups excluding carboxylic acids is 3. The van der Waals surface area contributed by atoms with E-state index in [1.807, 2.05) is 30.5 Å². The van der Waals surface area contributed by atoms with Gasteiger partial charge in [0.25, 0.3) is 11.8 Å². The summed E-state index contributed by atoms with van der Waals surface area (Å²) in [6, 6.07) is 10.7. The molecule has 0 saturated carbocycles. The molecule has 7 heteroatoms. The third kappa shape index (κ3) is 3.35. The molecule has 29 heavy (non-hydrogen) atoms. The largest absolute Gasteiger partial charge is 0.467 e. The number of rotatable bonds is 5. The summed E-state index contributed by atoms with van der Waals surface area (Å²) in [5.41, 5.74) is 1.70. The average molecular weight is 391 g/mol. The van der Waals surface area contributed by atoms with Crippen LogP contribution in [0.5, 0.6) is 0 Å². The van der Waals surface area contributed by atoms with Gasteiger partial charge in [-0.3, -0.25) is 19.8 Å². The molecule has 1 N–H and O–H groups in total. The van der Waals surface area contributed by atoms with Gasteiger partial charge in [0.1, 0.15) is 11.3 Å². The van der Waals surface area contributed by atoms with E-state index in [0.29, 0.717) is 5.76 Å². The smallest absolute Gasteiger partial charge is 0.331 e. The van der Waals surface area contributed by atoms with E-state index in [1.54, 1.807) is 18.2 Å². The number of hydrogen-bond donors (Lipinski definition) is 1. The van der Waals surface area contributed by atoms with E-state index in [-0.39, 0.29) is 18.2 Å². The molecule has 1 aliphatic heterocycles. The Bertz CT molecular complexity index is 1120. The molecule has 1 aliphatic rings. The number of amides is 4. The van der Waals surface area contributed by atoms with Gasteiger partial charge in [0.2, 0.25) is 0 Å². The van der Waals surface area contributed by atoms with Crippen LogP contribution in [0, 0.1) is 0 Å². The molecule has 2 aromatic heterocycles. The van der Waals surface area contributed by atoms with E-state index in [1.165, 1.54) is 6.26 Å². The Morgan fingerprint density at radius 3 is 2.66 bits per heavy atom. The number of aromatic nitrogens is 1. The van der Waals surface area contributed by atoms with Crippen molar-refractivity contribution in [3.8, 4) is 0 Å². The zero-order valence-corrected chi connectivity index (χ0v) is 16.2. The quantitative estimate of drug-likeness (QED) is 0.529. The molecule has 1 unspecified atom stereocenters. The number of furan rings is 1. The first-order valence-electron chi connectivity index (χ1n) is 9.50. The lowest BCUT2D eigenvalue weighted by molar-refractivity contribution is -0.130. The standard InChI is InChI=1S/C22H21N3O4/c1-3-14(2)24-12-15(17-8-4-5-9-19(17)24)11-18-20(26)23-22(28)25(21(18)27)13-16-7-6-10-29-16/h4-12,14H,3,13H2,1-2H3,(H,23,26,28).